The Morgan fingerprint density at radius 3 is 2.58 bits per heavy atom. The van der Waals surface area contributed by atoms with Gasteiger partial charge in [-0.05, 0) is 38.7 Å². The molecule has 0 radical (unpaired) electrons. The number of rotatable bonds is 7. The van der Waals surface area contributed by atoms with Crippen molar-refractivity contribution in [2.24, 2.45) is 0 Å². The highest BCUT2D eigenvalue weighted by atomic mass is 16.5. The van der Waals surface area contributed by atoms with Crippen molar-refractivity contribution in [3.05, 3.63) is 23.0 Å². The van der Waals surface area contributed by atoms with Crippen LogP contribution >= 0.6 is 0 Å². The van der Waals surface area contributed by atoms with Crippen LogP contribution in [-0.4, -0.2) is 33.5 Å². The van der Waals surface area contributed by atoms with Gasteiger partial charge in [0.25, 0.3) is 11.6 Å². The third-order valence-corrected chi connectivity index (χ3v) is 4.60. The molecule has 132 valence electrons. The average molecular weight is 331 g/mol. The van der Waals surface area contributed by atoms with Crippen molar-refractivity contribution in [2.75, 3.05) is 6.54 Å². The minimum atomic E-state index is 0.0541. The molecule has 0 aromatic carbocycles. The van der Waals surface area contributed by atoms with Gasteiger partial charge < -0.3 is 9.42 Å². The molecular weight excluding hydrogens is 302 g/mol. The molecule has 0 aliphatic heterocycles. The Hall–Kier alpha value is -1.91. The fraction of sp³-hybridized carbons (Fsp3) is 0.632. The SMILES string of the molecule is CCCCN(C(=O)c1cc(C(C)C)nc2onc(C)c12)C(C)CC. The number of hydrogen-bond acceptors (Lipinski definition) is 4. The Morgan fingerprint density at radius 1 is 1.29 bits per heavy atom. The molecule has 0 saturated carbocycles. The topological polar surface area (TPSA) is 59.2 Å². The number of aromatic nitrogens is 2. The quantitative estimate of drug-likeness (QED) is 0.738. The molecule has 0 aliphatic rings. The van der Waals surface area contributed by atoms with Crippen LogP contribution in [0.4, 0.5) is 0 Å². The minimum Gasteiger partial charge on any atom is -0.336 e. The molecular formula is C19H29N3O2. The van der Waals surface area contributed by atoms with E-state index < -0.39 is 0 Å². The highest BCUT2D eigenvalue weighted by molar-refractivity contribution is 6.06. The predicted octanol–water partition coefficient (Wildman–Crippen LogP) is 4.70. The van der Waals surface area contributed by atoms with Gasteiger partial charge in [0.15, 0.2) is 0 Å². The van der Waals surface area contributed by atoms with Crippen LogP contribution in [0, 0.1) is 6.92 Å². The van der Waals surface area contributed by atoms with Crippen LogP contribution in [0.2, 0.25) is 0 Å². The maximum absolute atomic E-state index is 13.3. The Morgan fingerprint density at radius 2 is 2.00 bits per heavy atom. The smallest absolute Gasteiger partial charge is 0.259 e. The number of aryl methyl sites for hydroxylation is 1. The Labute approximate surface area is 144 Å². The maximum Gasteiger partial charge on any atom is 0.259 e. The van der Waals surface area contributed by atoms with Crippen LogP contribution in [0.25, 0.3) is 11.1 Å². The molecule has 1 amide bonds. The second-order valence-electron chi connectivity index (χ2n) is 6.81. The summed E-state index contributed by atoms with van der Waals surface area (Å²) in [5.74, 6) is 0.275. The molecule has 0 bridgehead atoms. The highest BCUT2D eigenvalue weighted by Crippen LogP contribution is 2.27. The van der Waals surface area contributed by atoms with E-state index in [4.69, 9.17) is 4.52 Å². The molecule has 0 saturated heterocycles. The van der Waals surface area contributed by atoms with E-state index >= 15 is 0 Å². The average Bonchev–Trinajstić information content (AvgIpc) is 2.95. The molecule has 2 heterocycles. The number of fused-ring (bicyclic) bond motifs is 1. The van der Waals surface area contributed by atoms with Crippen molar-refractivity contribution in [1.82, 2.24) is 15.0 Å². The van der Waals surface area contributed by atoms with E-state index in [9.17, 15) is 4.79 Å². The fourth-order valence-corrected chi connectivity index (χ4v) is 2.80. The van der Waals surface area contributed by atoms with Crippen molar-refractivity contribution >= 4 is 17.0 Å². The first-order valence-electron chi connectivity index (χ1n) is 8.98. The van der Waals surface area contributed by atoms with Crippen molar-refractivity contribution in [3.63, 3.8) is 0 Å². The van der Waals surface area contributed by atoms with Crippen molar-refractivity contribution in [3.8, 4) is 0 Å². The van der Waals surface area contributed by atoms with Gasteiger partial charge in [-0.1, -0.05) is 39.3 Å². The predicted molar refractivity (Wildman–Crippen MR) is 96.3 cm³/mol. The summed E-state index contributed by atoms with van der Waals surface area (Å²) in [4.78, 5) is 19.8. The highest BCUT2D eigenvalue weighted by Gasteiger charge is 2.25. The molecule has 5 nitrogen and oxygen atoms in total. The largest absolute Gasteiger partial charge is 0.336 e. The maximum atomic E-state index is 13.3. The van der Waals surface area contributed by atoms with Crippen molar-refractivity contribution < 1.29 is 9.32 Å². The molecule has 2 aromatic heterocycles. The first-order chi connectivity index (χ1) is 11.4. The number of carbonyl (C=O) groups is 1. The van der Waals surface area contributed by atoms with Gasteiger partial charge in [0.2, 0.25) is 0 Å². The van der Waals surface area contributed by atoms with Crippen molar-refractivity contribution in [2.45, 2.75) is 72.8 Å². The number of nitrogens with zero attached hydrogens (tertiary/aromatic N) is 3. The van der Waals surface area contributed by atoms with Gasteiger partial charge in [-0.2, -0.15) is 0 Å². The van der Waals surface area contributed by atoms with Gasteiger partial charge in [0, 0.05) is 18.3 Å². The lowest BCUT2D eigenvalue weighted by Crippen LogP contribution is -2.39. The first-order valence-corrected chi connectivity index (χ1v) is 8.98. The molecule has 0 spiro atoms. The number of amides is 1. The third-order valence-electron chi connectivity index (χ3n) is 4.60. The van der Waals surface area contributed by atoms with E-state index in [1.165, 1.54) is 0 Å². The van der Waals surface area contributed by atoms with Gasteiger partial charge >= 0.3 is 0 Å². The summed E-state index contributed by atoms with van der Waals surface area (Å²) >= 11 is 0. The Bertz CT molecular complexity index is 706. The van der Waals surface area contributed by atoms with Crippen LogP contribution in [0.3, 0.4) is 0 Å². The number of pyridine rings is 1. The summed E-state index contributed by atoms with van der Waals surface area (Å²) in [7, 11) is 0. The molecule has 1 unspecified atom stereocenters. The van der Waals surface area contributed by atoms with E-state index in [1.54, 1.807) is 0 Å². The lowest BCUT2D eigenvalue weighted by atomic mass is 10.0. The monoisotopic (exact) mass is 331 g/mol. The van der Waals surface area contributed by atoms with Crippen LogP contribution in [0.5, 0.6) is 0 Å². The third kappa shape index (κ3) is 3.60. The van der Waals surface area contributed by atoms with E-state index in [0.717, 1.165) is 42.6 Å². The summed E-state index contributed by atoms with van der Waals surface area (Å²) in [5, 5.41) is 4.76. The zero-order chi connectivity index (χ0) is 17.9. The summed E-state index contributed by atoms with van der Waals surface area (Å²) < 4.78 is 5.35. The molecule has 1 atom stereocenters. The lowest BCUT2D eigenvalue weighted by molar-refractivity contribution is 0.0687. The zero-order valence-electron chi connectivity index (χ0n) is 15.7. The minimum absolute atomic E-state index is 0.0541. The van der Waals surface area contributed by atoms with Gasteiger partial charge in [0.1, 0.15) is 0 Å². The van der Waals surface area contributed by atoms with Crippen LogP contribution in [-0.2, 0) is 0 Å². The van der Waals surface area contributed by atoms with Crippen molar-refractivity contribution in [1.29, 1.82) is 0 Å². The normalized spacial score (nSPS) is 12.8. The van der Waals surface area contributed by atoms with E-state index in [2.05, 4.69) is 44.8 Å². The molecule has 0 fully saturated rings. The molecule has 0 N–H and O–H groups in total. The van der Waals surface area contributed by atoms with E-state index in [-0.39, 0.29) is 17.9 Å². The molecule has 24 heavy (non-hydrogen) atoms. The van der Waals surface area contributed by atoms with E-state index in [1.807, 2.05) is 17.9 Å². The second-order valence-corrected chi connectivity index (χ2v) is 6.81. The van der Waals surface area contributed by atoms with Gasteiger partial charge in [-0.3, -0.25) is 4.79 Å². The summed E-state index contributed by atoms with van der Waals surface area (Å²) in [5.41, 5.74) is 2.71. The number of carbonyl (C=O) groups excluding carboxylic acids is 1. The molecule has 5 heteroatoms. The molecule has 2 rings (SSSR count). The Kier molecular flexibility index (Phi) is 5.97. The first kappa shape index (κ1) is 18.4. The standard InChI is InChI=1S/C19H29N3O2/c1-7-9-10-22(13(5)8-2)19(23)15-11-16(12(3)4)20-18-17(15)14(6)21-24-18/h11-13H,7-10H2,1-6H3. The van der Waals surface area contributed by atoms with Crippen LogP contribution < -0.4 is 0 Å². The zero-order valence-corrected chi connectivity index (χ0v) is 15.7. The van der Waals surface area contributed by atoms with Gasteiger partial charge in [-0.25, -0.2) is 4.98 Å². The number of unbranched alkanes of at least 4 members (excludes halogenated alkanes) is 1. The fourth-order valence-electron chi connectivity index (χ4n) is 2.80. The van der Waals surface area contributed by atoms with Gasteiger partial charge in [-0.15, -0.1) is 0 Å². The Balaban J connectivity index is 2.54. The van der Waals surface area contributed by atoms with Crippen LogP contribution in [0.15, 0.2) is 10.6 Å². The van der Waals surface area contributed by atoms with Crippen LogP contribution in [0.1, 0.15) is 81.5 Å². The summed E-state index contributed by atoms with van der Waals surface area (Å²) in [6.07, 6.45) is 3.00. The second kappa shape index (κ2) is 7.77. The molecule has 2 aromatic rings. The summed E-state index contributed by atoms with van der Waals surface area (Å²) in [6, 6.07) is 2.12. The lowest BCUT2D eigenvalue weighted by Gasteiger charge is -2.29. The number of hydrogen-bond donors (Lipinski definition) is 0. The molecule has 0 aliphatic carbocycles. The summed E-state index contributed by atoms with van der Waals surface area (Å²) in [6.45, 7) is 13.1. The van der Waals surface area contributed by atoms with Gasteiger partial charge in [0.05, 0.1) is 16.6 Å². The van der Waals surface area contributed by atoms with E-state index in [0.29, 0.717) is 11.3 Å².